The number of aliphatic hydroxyl groups excluding tert-OH is 1. The number of hydrogen-bond donors (Lipinski definition) is 3. The van der Waals surface area contributed by atoms with E-state index in [1.807, 2.05) is 0 Å². The zero-order valence-corrected chi connectivity index (χ0v) is 13.2. The van der Waals surface area contributed by atoms with Gasteiger partial charge in [-0.25, -0.2) is 0 Å². The number of nitrogens with one attached hydrogen (secondary N) is 2. The van der Waals surface area contributed by atoms with Crippen LogP contribution in [-0.4, -0.2) is 59.9 Å². The second-order valence-electron chi connectivity index (χ2n) is 5.47. The summed E-state index contributed by atoms with van der Waals surface area (Å²) in [6, 6.07) is 5.43. The van der Waals surface area contributed by atoms with Gasteiger partial charge in [-0.2, -0.15) is 0 Å². The minimum absolute atomic E-state index is 0.136. The molecule has 1 unspecified atom stereocenters. The Kier molecular flexibility index (Phi) is 5.64. The number of rotatable bonds is 5. The molecule has 1 saturated heterocycles. The lowest BCUT2D eigenvalue weighted by Crippen LogP contribution is -2.52. The second kappa shape index (κ2) is 7.69. The molecule has 0 saturated carbocycles. The van der Waals surface area contributed by atoms with Crippen LogP contribution in [0.5, 0.6) is 0 Å². The third kappa shape index (κ3) is 3.96. The number of benzene rings is 1. The molecule has 1 aromatic carbocycles. The summed E-state index contributed by atoms with van der Waals surface area (Å²) in [7, 11) is 1.52. The van der Waals surface area contributed by atoms with Crippen molar-refractivity contribution >= 4 is 23.6 Å². The smallest absolute Gasteiger partial charge is 0.254 e. The molecule has 24 heavy (non-hydrogen) atoms. The van der Waals surface area contributed by atoms with Gasteiger partial charge in [0.15, 0.2) is 0 Å². The first-order chi connectivity index (χ1) is 11.4. The maximum atomic E-state index is 12.4. The number of piperidine rings is 1. The maximum Gasteiger partial charge on any atom is 0.254 e. The summed E-state index contributed by atoms with van der Waals surface area (Å²) >= 11 is 0. The normalized spacial score (nSPS) is 17.2. The van der Waals surface area contributed by atoms with Crippen molar-refractivity contribution in [2.75, 3.05) is 20.2 Å². The van der Waals surface area contributed by atoms with Crippen molar-refractivity contribution in [1.82, 2.24) is 15.5 Å². The van der Waals surface area contributed by atoms with E-state index in [4.69, 9.17) is 5.11 Å². The Morgan fingerprint density at radius 3 is 2.58 bits per heavy atom. The number of amides is 4. The molecule has 0 aromatic heterocycles. The fraction of sp³-hybridized carbons (Fsp3) is 0.375. The van der Waals surface area contributed by atoms with E-state index in [9.17, 15) is 19.2 Å². The predicted octanol–water partition coefficient (Wildman–Crippen LogP) is -0.714. The highest BCUT2D eigenvalue weighted by Crippen LogP contribution is 2.13. The summed E-state index contributed by atoms with van der Waals surface area (Å²) in [5.74, 6) is -1.89. The lowest BCUT2D eigenvalue weighted by Gasteiger charge is -2.23. The molecule has 0 bridgehead atoms. The van der Waals surface area contributed by atoms with Crippen molar-refractivity contribution in [3.8, 4) is 0 Å². The topological polar surface area (TPSA) is 116 Å². The first-order valence-electron chi connectivity index (χ1n) is 7.54. The van der Waals surface area contributed by atoms with Crippen LogP contribution >= 0.6 is 0 Å². The average molecular weight is 333 g/mol. The van der Waals surface area contributed by atoms with Crippen molar-refractivity contribution in [2.24, 2.45) is 0 Å². The van der Waals surface area contributed by atoms with Gasteiger partial charge in [0.25, 0.3) is 11.8 Å². The third-order valence-corrected chi connectivity index (χ3v) is 3.73. The summed E-state index contributed by atoms with van der Waals surface area (Å²) in [4.78, 5) is 49.0. The van der Waals surface area contributed by atoms with Gasteiger partial charge in [-0.1, -0.05) is 12.1 Å². The Hall–Kier alpha value is -2.74. The Balaban J connectivity index is 2.16. The van der Waals surface area contributed by atoms with Gasteiger partial charge in [0.2, 0.25) is 11.8 Å². The fourth-order valence-corrected chi connectivity index (χ4v) is 2.39. The Labute approximate surface area is 138 Å². The molecule has 1 aliphatic rings. The summed E-state index contributed by atoms with van der Waals surface area (Å²) in [5, 5.41) is 13.6. The molecule has 128 valence electrons. The Morgan fingerprint density at radius 2 is 1.96 bits per heavy atom. The van der Waals surface area contributed by atoms with Crippen molar-refractivity contribution in [3.05, 3.63) is 35.4 Å². The molecule has 1 atom stereocenters. The second-order valence-corrected chi connectivity index (χ2v) is 5.47. The van der Waals surface area contributed by atoms with Crippen LogP contribution in [0.3, 0.4) is 0 Å². The average Bonchev–Trinajstić information content (AvgIpc) is 2.57. The molecular formula is C16H19N3O5. The van der Waals surface area contributed by atoms with Crippen molar-refractivity contribution in [2.45, 2.75) is 18.9 Å². The molecule has 0 spiro atoms. The highest BCUT2D eigenvalue weighted by molar-refractivity contribution is 6.09. The predicted molar refractivity (Wildman–Crippen MR) is 84.1 cm³/mol. The zero-order chi connectivity index (χ0) is 17.7. The van der Waals surface area contributed by atoms with Crippen LogP contribution in [0.4, 0.5) is 0 Å². The molecule has 1 aliphatic heterocycles. The van der Waals surface area contributed by atoms with Gasteiger partial charge in [-0.05, 0) is 18.6 Å². The van der Waals surface area contributed by atoms with Gasteiger partial charge < -0.3 is 15.3 Å². The van der Waals surface area contributed by atoms with Gasteiger partial charge in [0.1, 0.15) is 6.04 Å². The van der Waals surface area contributed by atoms with Gasteiger partial charge in [0, 0.05) is 20.0 Å². The molecule has 1 heterocycles. The summed E-state index contributed by atoms with van der Waals surface area (Å²) < 4.78 is 0. The van der Waals surface area contributed by atoms with E-state index in [-0.39, 0.29) is 43.0 Å². The number of imide groups is 1. The molecule has 8 nitrogen and oxygen atoms in total. The van der Waals surface area contributed by atoms with Gasteiger partial charge in [-0.15, -0.1) is 0 Å². The van der Waals surface area contributed by atoms with Crippen LogP contribution < -0.4 is 10.6 Å². The van der Waals surface area contributed by atoms with Crippen LogP contribution in [0.25, 0.3) is 0 Å². The monoisotopic (exact) mass is 333 g/mol. The number of aliphatic hydroxyl groups is 1. The number of carbonyl (C=O) groups excluding carboxylic acids is 4. The molecule has 4 amide bonds. The molecule has 3 N–H and O–H groups in total. The van der Waals surface area contributed by atoms with E-state index in [0.29, 0.717) is 0 Å². The minimum atomic E-state index is -0.812. The van der Waals surface area contributed by atoms with Crippen LogP contribution in [0.15, 0.2) is 24.3 Å². The van der Waals surface area contributed by atoms with Gasteiger partial charge >= 0.3 is 0 Å². The number of likely N-dealkylation sites (N-methyl/N-ethyl adjacent to an activating group) is 1. The molecule has 2 rings (SSSR count). The SMILES string of the molecule is CN(CCO)C(=O)c1ccccc1C(=O)NC1CCC(=O)NC1=O. The molecule has 8 heteroatoms. The Morgan fingerprint density at radius 1 is 1.29 bits per heavy atom. The molecular weight excluding hydrogens is 314 g/mol. The highest BCUT2D eigenvalue weighted by atomic mass is 16.3. The van der Waals surface area contributed by atoms with E-state index >= 15 is 0 Å². The molecule has 1 aromatic rings. The first kappa shape index (κ1) is 17.6. The maximum absolute atomic E-state index is 12.4. The number of carbonyl (C=O) groups is 4. The van der Waals surface area contributed by atoms with Crippen LogP contribution in [0.2, 0.25) is 0 Å². The van der Waals surface area contributed by atoms with E-state index in [1.54, 1.807) is 12.1 Å². The standard InChI is InChI=1S/C16H19N3O5/c1-19(8-9-20)16(24)11-5-3-2-4-10(11)14(22)17-12-6-7-13(21)18-15(12)23/h2-5,12,20H,6-9H2,1H3,(H,17,22)(H,18,21,23). The van der Waals surface area contributed by atoms with Crippen LogP contribution in [0.1, 0.15) is 33.6 Å². The van der Waals surface area contributed by atoms with Gasteiger partial charge in [-0.3, -0.25) is 24.5 Å². The molecule has 0 aliphatic carbocycles. The van der Waals surface area contributed by atoms with Crippen molar-refractivity contribution in [1.29, 1.82) is 0 Å². The van der Waals surface area contributed by atoms with E-state index in [0.717, 1.165) is 0 Å². The summed E-state index contributed by atoms with van der Waals surface area (Å²) in [6.45, 7) is -0.0468. The lowest BCUT2D eigenvalue weighted by atomic mass is 10.0. The fourth-order valence-electron chi connectivity index (χ4n) is 2.39. The quantitative estimate of drug-likeness (QED) is 0.615. The lowest BCUT2D eigenvalue weighted by molar-refractivity contribution is -0.134. The number of hydrogen-bond acceptors (Lipinski definition) is 5. The Bertz CT molecular complexity index is 673. The molecule has 0 radical (unpaired) electrons. The minimum Gasteiger partial charge on any atom is -0.395 e. The number of nitrogens with zero attached hydrogens (tertiary/aromatic N) is 1. The van der Waals surface area contributed by atoms with E-state index < -0.39 is 23.8 Å². The zero-order valence-electron chi connectivity index (χ0n) is 13.2. The third-order valence-electron chi connectivity index (χ3n) is 3.73. The summed E-state index contributed by atoms with van der Waals surface area (Å²) in [5.41, 5.74) is 0.315. The van der Waals surface area contributed by atoms with E-state index in [1.165, 1.54) is 24.1 Å². The first-order valence-corrected chi connectivity index (χ1v) is 7.54. The highest BCUT2D eigenvalue weighted by Gasteiger charge is 2.29. The van der Waals surface area contributed by atoms with Gasteiger partial charge in [0.05, 0.1) is 17.7 Å². The summed E-state index contributed by atoms with van der Waals surface area (Å²) in [6.07, 6.45) is 0.368. The molecule has 1 fully saturated rings. The largest absolute Gasteiger partial charge is 0.395 e. The van der Waals surface area contributed by atoms with Crippen LogP contribution in [0, 0.1) is 0 Å². The van der Waals surface area contributed by atoms with E-state index in [2.05, 4.69) is 10.6 Å². The van der Waals surface area contributed by atoms with Crippen LogP contribution in [-0.2, 0) is 9.59 Å². The van der Waals surface area contributed by atoms with Crippen molar-refractivity contribution in [3.63, 3.8) is 0 Å². The van der Waals surface area contributed by atoms with Crippen molar-refractivity contribution < 1.29 is 24.3 Å².